The van der Waals surface area contributed by atoms with E-state index in [0.717, 1.165) is 9.80 Å². The van der Waals surface area contributed by atoms with E-state index in [2.05, 4.69) is 0 Å². The molecule has 0 N–H and O–H groups in total. The van der Waals surface area contributed by atoms with Crippen LogP contribution in [0.1, 0.15) is 59.4 Å². The molecule has 0 radical (unpaired) electrons. The van der Waals surface area contributed by atoms with Crippen molar-refractivity contribution in [1.29, 1.82) is 0 Å². The number of carbonyl (C=O) groups is 4. The van der Waals surface area contributed by atoms with E-state index in [0.29, 0.717) is 45.6 Å². The summed E-state index contributed by atoms with van der Waals surface area (Å²) in [6.45, 7) is 3.28. The van der Waals surface area contributed by atoms with Gasteiger partial charge in [-0.1, -0.05) is 38.1 Å². The average Bonchev–Trinajstić information content (AvgIpc) is 3.72. The molecule has 2 aliphatic heterocycles. The highest BCUT2D eigenvalue weighted by Crippen LogP contribution is 2.46. The second-order valence-electron chi connectivity index (χ2n) is 15.2. The van der Waals surface area contributed by atoms with E-state index >= 15 is 8.42 Å². The van der Waals surface area contributed by atoms with Gasteiger partial charge in [0.1, 0.15) is 56.5 Å². The lowest BCUT2D eigenvalue weighted by Gasteiger charge is -2.25. The van der Waals surface area contributed by atoms with Gasteiger partial charge in [0.2, 0.25) is 23.6 Å². The summed E-state index contributed by atoms with van der Waals surface area (Å²) in [6.07, 6.45) is 5.87. The van der Waals surface area contributed by atoms with Gasteiger partial charge in [-0.2, -0.15) is 0 Å². The molecule has 65 heavy (non-hydrogen) atoms. The number of amides is 4. The number of hydrogen-bond acceptors (Lipinski definition) is 14. The fourth-order valence-corrected chi connectivity index (χ4v) is 9.89. The third kappa shape index (κ3) is 9.18. The Morgan fingerprint density at radius 1 is 0.492 bits per heavy atom. The minimum absolute atomic E-state index is 0.0450. The Balaban J connectivity index is 1.66. The maximum absolute atomic E-state index is 16.0. The van der Waals surface area contributed by atoms with Gasteiger partial charge in [0, 0.05) is 48.9 Å². The van der Waals surface area contributed by atoms with E-state index in [1.54, 1.807) is 38.1 Å². The molecule has 0 spiro atoms. The standard InChI is InChI=1S/C48H52N2O14S/c1-27-19-45(51)49(47(27)53)35-21-29(11-15-37(35)59-5)43(17-13-33-39(61-7)23-31(57-3)24-40(33)62-8)65(55,56)44(18-14-34-41(63-9)25-32(58-4)26-42(34)64-10)30-12-16-38(60-6)36(22-30)50-46(52)20-28(2)48(50)54/h11-18,21-28,43-44H,19-20H2,1-10H3/b17-13+,18-14+. The molecule has 2 aliphatic rings. The van der Waals surface area contributed by atoms with Crippen LogP contribution in [0, 0.1) is 11.8 Å². The van der Waals surface area contributed by atoms with Gasteiger partial charge in [0.15, 0.2) is 9.84 Å². The molecule has 2 heterocycles. The summed E-state index contributed by atoms with van der Waals surface area (Å²) in [7, 11) is 6.85. The second kappa shape index (κ2) is 19.8. The third-order valence-corrected chi connectivity index (χ3v) is 13.7. The Bertz CT molecular complexity index is 2450. The Labute approximate surface area is 378 Å². The minimum atomic E-state index is -4.65. The van der Waals surface area contributed by atoms with Crippen LogP contribution in [-0.4, -0.2) is 88.9 Å². The highest BCUT2D eigenvalue weighted by atomic mass is 32.2. The third-order valence-electron chi connectivity index (χ3n) is 11.4. The van der Waals surface area contributed by atoms with E-state index in [4.69, 9.17) is 37.9 Å². The zero-order chi connectivity index (χ0) is 47.3. The van der Waals surface area contributed by atoms with Crippen molar-refractivity contribution in [3.8, 4) is 46.0 Å². The van der Waals surface area contributed by atoms with Crippen LogP contribution in [-0.2, 0) is 29.0 Å². The Morgan fingerprint density at radius 2 is 0.815 bits per heavy atom. The van der Waals surface area contributed by atoms with Crippen LogP contribution in [0.2, 0.25) is 0 Å². The molecule has 0 aromatic heterocycles. The molecule has 6 rings (SSSR count). The number of carbonyl (C=O) groups excluding carboxylic acids is 4. The molecule has 0 bridgehead atoms. The smallest absolute Gasteiger partial charge is 0.237 e. The van der Waals surface area contributed by atoms with Crippen molar-refractivity contribution in [1.82, 2.24) is 0 Å². The van der Waals surface area contributed by atoms with Crippen LogP contribution in [0.4, 0.5) is 11.4 Å². The van der Waals surface area contributed by atoms with Crippen molar-refractivity contribution in [3.63, 3.8) is 0 Å². The number of ether oxygens (including phenoxy) is 8. The molecule has 344 valence electrons. The maximum atomic E-state index is 16.0. The molecular weight excluding hydrogens is 861 g/mol. The lowest BCUT2D eigenvalue weighted by atomic mass is 10.1. The fraction of sp³-hybridized carbons (Fsp3) is 0.333. The second-order valence-corrected chi connectivity index (χ2v) is 17.4. The predicted molar refractivity (Wildman–Crippen MR) is 243 cm³/mol. The number of benzene rings is 4. The lowest BCUT2D eigenvalue weighted by molar-refractivity contribution is -0.123. The van der Waals surface area contributed by atoms with Gasteiger partial charge in [-0.05, 0) is 47.5 Å². The topological polar surface area (TPSA) is 183 Å². The van der Waals surface area contributed by atoms with Crippen molar-refractivity contribution < 1.29 is 65.5 Å². The van der Waals surface area contributed by atoms with Crippen LogP contribution >= 0.6 is 0 Å². The van der Waals surface area contributed by atoms with Crippen LogP contribution < -0.4 is 47.7 Å². The normalized spacial score (nSPS) is 17.5. The van der Waals surface area contributed by atoms with Crippen molar-refractivity contribution in [2.45, 2.75) is 37.2 Å². The average molecular weight is 913 g/mol. The molecule has 2 fully saturated rings. The first kappa shape index (κ1) is 47.5. The predicted octanol–water partition coefficient (Wildman–Crippen LogP) is 7.18. The van der Waals surface area contributed by atoms with Gasteiger partial charge in [0.05, 0.1) is 79.4 Å². The molecule has 4 atom stereocenters. The summed E-state index contributed by atoms with van der Waals surface area (Å²) >= 11 is 0. The monoisotopic (exact) mass is 912 g/mol. The van der Waals surface area contributed by atoms with E-state index < -0.39 is 55.8 Å². The molecule has 4 aromatic rings. The number of anilines is 2. The molecule has 17 heteroatoms. The quantitative estimate of drug-likeness (QED) is 0.0916. The van der Waals surface area contributed by atoms with Gasteiger partial charge in [-0.25, -0.2) is 18.2 Å². The molecule has 2 saturated heterocycles. The van der Waals surface area contributed by atoms with Gasteiger partial charge < -0.3 is 37.9 Å². The van der Waals surface area contributed by atoms with E-state index in [1.807, 2.05) is 0 Å². The summed E-state index contributed by atoms with van der Waals surface area (Å²) in [5.74, 6) is -0.765. The highest BCUT2D eigenvalue weighted by Gasteiger charge is 2.42. The van der Waals surface area contributed by atoms with E-state index in [1.165, 1.54) is 118 Å². The van der Waals surface area contributed by atoms with Crippen LogP contribution in [0.5, 0.6) is 46.0 Å². The molecular formula is C48H52N2O14S. The molecule has 4 unspecified atom stereocenters. The number of nitrogens with zero attached hydrogens (tertiary/aromatic N) is 2. The van der Waals surface area contributed by atoms with Gasteiger partial charge in [-0.15, -0.1) is 0 Å². The van der Waals surface area contributed by atoms with E-state index in [-0.39, 0.29) is 46.8 Å². The summed E-state index contributed by atoms with van der Waals surface area (Å²) in [4.78, 5) is 55.6. The van der Waals surface area contributed by atoms with Gasteiger partial charge in [0.25, 0.3) is 0 Å². The fourth-order valence-electron chi connectivity index (χ4n) is 7.93. The molecule has 16 nitrogen and oxygen atoms in total. The largest absolute Gasteiger partial charge is 0.496 e. The van der Waals surface area contributed by atoms with Crippen LogP contribution in [0.15, 0.2) is 72.8 Å². The number of methoxy groups -OCH3 is 8. The molecule has 0 aliphatic carbocycles. The number of hydrogen-bond donors (Lipinski definition) is 0. The molecule has 4 amide bonds. The van der Waals surface area contributed by atoms with E-state index in [9.17, 15) is 19.2 Å². The Kier molecular flexibility index (Phi) is 14.5. The first-order valence-electron chi connectivity index (χ1n) is 20.4. The zero-order valence-corrected chi connectivity index (χ0v) is 38.6. The zero-order valence-electron chi connectivity index (χ0n) is 37.8. The van der Waals surface area contributed by atoms with Crippen molar-refractivity contribution in [3.05, 3.63) is 95.1 Å². The summed E-state index contributed by atoms with van der Waals surface area (Å²) in [5.41, 5.74) is 1.15. The lowest BCUT2D eigenvalue weighted by Crippen LogP contribution is -2.31. The number of imide groups is 2. The summed E-state index contributed by atoms with van der Waals surface area (Å²) in [6, 6.07) is 15.4. The van der Waals surface area contributed by atoms with Crippen LogP contribution in [0.25, 0.3) is 12.2 Å². The first-order valence-corrected chi connectivity index (χ1v) is 22.0. The SMILES string of the molecule is COc1cc(OC)c(/C=C/C(c2ccc(OC)c(N3C(=O)CC(C)C3=O)c2)S(=O)(=O)C(/C=C/c2c(OC)cc(OC)cc2OC)c2ccc(OC)c(N3C(=O)CC(C)C3=O)c2)c(OC)c1. The number of sulfone groups is 1. The van der Waals surface area contributed by atoms with Crippen molar-refractivity contribution in [2.24, 2.45) is 11.8 Å². The minimum Gasteiger partial charge on any atom is -0.496 e. The van der Waals surface area contributed by atoms with Crippen molar-refractivity contribution in [2.75, 3.05) is 66.7 Å². The van der Waals surface area contributed by atoms with Crippen molar-refractivity contribution >= 4 is 57.0 Å². The highest BCUT2D eigenvalue weighted by molar-refractivity contribution is 7.92. The van der Waals surface area contributed by atoms with Gasteiger partial charge >= 0.3 is 0 Å². The number of rotatable bonds is 18. The Morgan fingerprint density at radius 3 is 1.08 bits per heavy atom. The molecule has 4 aromatic carbocycles. The molecule has 0 saturated carbocycles. The van der Waals surface area contributed by atoms with Gasteiger partial charge in [-0.3, -0.25) is 19.2 Å². The maximum Gasteiger partial charge on any atom is 0.237 e. The van der Waals surface area contributed by atoms with Crippen LogP contribution in [0.3, 0.4) is 0 Å². The Hall–Kier alpha value is -7.01. The summed E-state index contributed by atoms with van der Waals surface area (Å²) < 4.78 is 77.0. The first-order chi connectivity index (χ1) is 31.1. The summed E-state index contributed by atoms with van der Waals surface area (Å²) in [5, 5.41) is -3.13.